The maximum absolute atomic E-state index is 12.7. The topological polar surface area (TPSA) is 20.3 Å². The Labute approximate surface area is 77.0 Å². The third-order valence-electron chi connectivity index (χ3n) is 2.00. The summed E-state index contributed by atoms with van der Waals surface area (Å²) >= 11 is 0. The maximum atomic E-state index is 12.7. The molecule has 0 saturated heterocycles. The highest BCUT2D eigenvalue weighted by Crippen LogP contribution is 2.18. The zero-order chi connectivity index (χ0) is 9.84. The van der Waals surface area contributed by atoms with Crippen LogP contribution in [0.1, 0.15) is 17.3 Å². The van der Waals surface area contributed by atoms with Crippen molar-refractivity contribution < 1.29 is 9.18 Å². The van der Waals surface area contributed by atoms with Crippen molar-refractivity contribution in [2.24, 2.45) is 0 Å². The molecule has 0 fully saturated rings. The van der Waals surface area contributed by atoms with Crippen LogP contribution in [0.3, 0.4) is 0 Å². The van der Waals surface area contributed by atoms with E-state index >= 15 is 0 Å². The lowest BCUT2D eigenvalue weighted by Gasteiger charge is -2.18. The predicted molar refractivity (Wildman–Crippen MR) is 50.7 cm³/mol. The number of carbonyl (C=O) groups is 1. The average Bonchev–Trinajstić information content (AvgIpc) is 2.16. The molecule has 0 saturated carbocycles. The largest absolute Gasteiger partial charge is 0.374 e. The molecule has 70 valence electrons. The van der Waals surface area contributed by atoms with E-state index in [1.165, 1.54) is 12.1 Å². The average molecular weight is 181 g/mol. The Balaban J connectivity index is 3.13. The van der Waals surface area contributed by atoms with Gasteiger partial charge in [-0.1, -0.05) is 0 Å². The Morgan fingerprint density at radius 3 is 2.77 bits per heavy atom. The van der Waals surface area contributed by atoms with Crippen LogP contribution in [-0.4, -0.2) is 19.9 Å². The lowest BCUT2D eigenvalue weighted by Crippen LogP contribution is -2.17. The van der Waals surface area contributed by atoms with Gasteiger partial charge in [0.05, 0.1) is 0 Å². The fourth-order valence-electron chi connectivity index (χ4n) is 1.14. The molecule has 1 aromatic carbocycles. The first-order chi connectivity index (χ1) is 6.19. The van der Waals surface area contributed by atoms with Crippen molar-refractivity contribution in [1.29, 1.82) is 0 Å². The van der Waals surface area contributed by atoms with E-state index in [1.54, 1.807) is 6.07 Å². The van der Waals surface area contributed by atoms with Gasteiger partial charge in [0.15, 0.2) is 6.29 Å². The summed E-state index contributed by atoms with van der Waals surface area (Å²) in [5, 5.41) is 0. The molecule has 0 spiro atoms. The third-order valence-corrected chi connectivity index (χ3v) is 2.00. The zero-order valence-corrected chi connectivity index (χ0v) is 7.75. The van der Waals surface area contributed by atoms with Crippen molar-refractivity contribution in [3.8, 4) is 0 Å². The van der Waals surface area contributed by atoms with E-state index in [0.717, 1.165) is 12.2 Å². The van der Waals surface area contributed by atoms with E-state index in [1.807, 2.05) is 18.9 Å². The molecule has 0 atom stereocenters. The summed E-state index contributed by atoms with van der Waals surface area (Å²) in [6, 6.07) is 4.21. The van der Waals surface area contributed by atoms with Gasteiger partial charge < -0.3 is 4.90 Å². The fourth-order valence-corrected chi connectivity index (χ4v) is 1.14. The highest BCUT2D eigenvalue weighted by Gasteiger charge is 2.05. The van der Waals surface area contributed by atoms with E-state index < -0.39 is 0 Å². The van der Waals surface area contributed by atoms with E-state index in [4.69, 9.17) is 0 Å². The number of rotatable bonds is 3. The van der Waals surface area contributed by atoms with Crippen LogP contribution >= 0.6 is 0 Å². The second-order valence-corrected chi connectivity index (χ2v) is 2.84. The molecule has 0 amide bonds. The van der Waals surface area contributed by atoms with Crippen molar-refractivity contribution in [1.82, 2.24) is 0 Å². The van der Waals surface area contributed by atoms with Crippen LogP contribution in [0.15, 0.2) is 18.2 Å². The summed E-state index contributed by atoms with van der Waals surface area (Å²) in [6.45, 7) is 2.75. The Bertz CT molecular complexity index is 312. The van der Waals surface area contributed by atoms with E-state index in [9.17, 15) is 9.18 Å². The molecule has 2 nitrogen and oxygen atoms in total. The fraction of sp³-hybridized carbons (Fsp3) is 0.300. The van der Waals surface area contributed by atoms with E-state index in [0.29, 0.717) is 11.8 Å². The van der Waals surface area contributed by atoms with Crippen molar-refractivity contribution in [3.05, 3.63) is 29.6 Å². The monoisotopic (exact) mass is 181 g/mol. The number of hydrogen-bond acceptors (Lipinski definition) is 2. The van der Waals surface area contributed by atoms with Crippen LogP contribution in [0.2, 0.25) is 0 Å². The van der Waals surface area contributed by atoms with Crippen LogP contribution < -0.4 is 4.90 Å². The van der Waals surface area contributed by atoms with Gasteiger partial charge >= 0.3 is 0 Å². The number of hydrogen-bond donors (Lipinski definition) is 0. The van der Waals surface area contributed by atoms with Crippen molar-refractivity contribution in [2.75, 3.05) is 18.5 Å². The van der Waals surface area contributed by atoms with Gasteiger partial charge in [-0.05, 0) is 25.1 Å². The first-order valence-corrected chi connectivity index (χ1v) is 4.15. The quantitative estimate of drug-likeness (QED) is 0.665. The summed E-state index contributed by atoms with van der Waals surface area (Å²) < 4.78 is 12.7. The molecule has 0 aliphatic carbocycles. The number of carbonyl (C=O) groups excluding carboxylic acids is 1. The van der Waals surface area contributed by atoms with Gasteiger partial charge in [-0.2, -0.15) is 0 Å². The van der Waals surface area contributed by atoms with Crippen molar-refractivity contribution in [2.45, 2.75) is 6.92 Å². The first kappa shape index (κ1) is 9.71. The molecule has 0 unspecified atom stereocenters. The van der Waals surface area contributed by atoms with Crippen LogP contribution in [0, 0.1) is 5.82 Å². The van der Waals surface area contributed by atoms with Gasteiger partial charge in [-0.3, -0.25) is 4.79 Å². The molecule has 0 bridgehead atoms. The molecular weight excluding hydrogens is 169 g/mol. The van der Waals surface area contributed by atoms with Gasteiger partial charge in [-0.15, -0.1) is 0 Å². The molecule has 0 radical (unpaired) electrons. The standard InChI is InChI=1S/C10H12FNO/c1-3-12(2)10-5-4-9(11)6-8(10)7-13/h4-7H,3H2,1-2H3. The smallest absolute Gasteiger partial charge is 0.152 e. The van der Waals surface area contributed by atoms with Gasteiger partial charge in [0.25, 0.3) is 0 Å². The minimum Gasteiger partial charge on any atom is -0.374 e. The summed E-state index contributed by atoms with van der Waals surface area (Å²) in [6.07, 6.45) is 0.671. The minimum atomic E-state index is -0.379. The second kappa shape index (κ2) is 4.03. The Hall–Kier alpha value is -1.38. The number of anilines is 1. The Morgan fingerprint density at radius 2 is 2.23 bits per heavy atom. The Morgan fingerprint density at radius 1 is 1.54 bits per heavy atom. The highest BCUT2D eigenvalue weighted by atomic mass is 19.1. The van der Waals surface area contributed by atoms with E-state index in [-0.39, 0.29) is 5.82 Å². The molecular formula is C10H12FNO. The van der Waals surface area contributed by atoms with E-state index in [2.05, 4.69) is 0 Å². The molecule has 0 aliphatic rings. The molecule has 3 heteroatoms. The molecule has 0 N–H and O–H groups in total. The van der Waals surface area contributed by atoms with Gasteiger partial charge in [0.1, 0.15) is 5.82 Å². The number of halogens is 1. The third kappa shape index (κ3) is 2.05. The van der Waals surface area contributed by atoms with Crippen LogP contribution in [0.4, 0.5) is 10.1 Å². The molecule has 0 aliphatic heterocycles. The summed E-state index contributed by atoms with van der Waals surface area (Å²) in [5.41, 5.74) is 1.16. The van der Waals surface area contributed by atoms with Crippen LogP contribution in [0.5, 0.6) is 0 Å². The SMILES string of the molecule is CCN(C)c1ccc(F)cc1C=O. The molecule has 1 aromatic rings. The zero-order valence-electron chi connectivity index (χ0n) is 7.75. The summed E-state index contributed by atoms with van der Waals surface area (Å²) in [5.74, 6) is -0.379. The Kier molecular flexibility index (Phi) is 3.01. The van der Waals surface area contributed by atoms with Gasteiger partial charge in [-0.25, -0.2) is 4.39 Å². The molecule has 1 rings (SSSR count). The molecule has 0 heterocycles. The molecule has 13 heavy (non-hydrogen) atoms. The summed E-state index contributed by atoms with van der Waals surface area (Å²) in [7, 11) is 1.86. The van der Waals surface area contributed by atoms with Crippen LogP contribution in [-0.2, 0) is 0 Å². The lowest BCUT2D eigenvalue weighted by molar-refractivity contribution is 0.112. The maximum Gasteiger partial charge on any atom is 0.152 e. The van der Waals surface area contributed by atoms with Gasteiger partial charge in [0, 0.05) is 24.8 Å². The van der Waals surface area contributed by atoms with Crippen molar-refractivity contribution >= 4 is 12.0 Å². The predicted octanol–water partition coefficient (Wildman–Crippen LogP) is 2.09. The number of benzene rings is 1. The summed E-state index contributed by atoms with van der Waals surface area (Å²) in [4.78, 5) is 12.5. The normalized spacial score (nSPS) is 9.77. The number of aldehydes is 1. The first-order valence-electron chi connectivity index (χ1n) is 4.15. The van der Waals surface area contributed by atoms with Gasteiger partial charge in [0.2, 0.25) is 0 Å². The second-order valence-electron chi connectivity index (χ2n) is 2.84. The molecule has 0 aromatic heterocycles. The minimum absolute atomic E-state index is 0.379. The number of nitrogens with zero attached hydrogens (tertiary/aromatic N) is 1. The highest BCUT2D eigenvalue weighted by molar-refractivity contribution is 5.84. The lowest BCUT2D eigenvalue weighted by atomic mass is 10.2. The van der Waals surface area contributed by atoms with Crippen LogP contribution in [0.25, 0.3) is 0 Å². The van der Waals surface area contributed by atoms with Crippen molar-refractivity contribution in [3.63, 3.8) is 0 Å².